The minimum Gasteiger partial charge on any atom is -0.295 e. The summed E-state index contributed by atoms with van der Waals surface area (Å²) in [6.07, 6.45) is 1.59. The number of hydrogen-bond donors (Lipinski definition) is 0. The summed E-state index contributed by atoms with van der Waals surface area (Å²) in [7, 11) is 0. The van der Waals surface area contributed by atoms with Crippen LogP contribution in [-0.2, 0) is 4.79 Å². The third-order valence-corrected chi connectivity index (χ3v) is 1.49. The summed E-state index contributed by atoms with van der Waals surface area (Å²) in [6.45, 7) is 5.74. The topological polar surface area (TPSA) is 17.1 Å². The highest BCUT2D eigenvalue weighted by atomic mass is 32.2. The highest BCUT2D eigenvalue weighted by Crippen LogP contribution is 2.09. The molecule has 0 heterocycles. The summed E-state index contributed by atoms with van der Waals surface area (Å²) >= 11 is 1.66. The van der Waals surface area contributed by atoms with E-state index in [4.69, 9.17) is 0 Å². The second kappa shape index (κ2) is 4.62. The maximum Gasteiger partial charge on any atom is 0.153 e. The Hall–Kier alpha value is -0.240. The Morgan fingerprint density at radius 2 is 2.11 bits per heavy atom. The van der Waals surface area contributed by atoms with E-state index in [9.17, 15) is 4.79 Å². The van der Waals surface area contributed by atoms with E-state index in [2.05, 4.69) is 13.8 Å². The molecule has 2 heteroatoms. The van der Waals surface area contributed by atoms with E-state index < -0.39 is 0 Å². The summed E-state index contributed by atoms with van der Waals surface area (Å²) in [4.78, 5) is 10.3. The van der Waals surface area contributed by atoms with Crippen LogP contribution in [-0.4, -0.2) is 11.0 Å². The van der Waals surface area contributed by atoms with Crippen LogP contribution in [0.15, 0.2) is 11.5 Å². The summed E-state index contributed by atoms with van der Waals surface area (Å²) in [5.41, 5.74) is 0. The van der Waals surface area contributed by atoms with Crippen LogP contribution in [0.3, 0.4) is 0 Å². The summed E-state index contributed by atoms with van der Waals surface area (Å²) in [5.74, 6) is 0.114. The SMILES string of the molecule is CC(=O)/C=C/SC(C)C. The summed E-state index contributed by atoms with van der Waals surface area (Å²) in [5, 5.41) is 2.41. The Bertz CT molecular complexity index is 116. The smallest absolute Gasteiger partial charge is 0.153 e. The van der Waals surface area contributed by atoms with Gasteiger partial charge in [-0.2, -0.15) is 0 Å². The quantitative estimate of drug-likeness (QED) is 0.565. The molecular formula is C7H12OS. The van der Waals surface area contributed by atoms with Gasteiger partial charge in [-0.3, -0.25) is 4.79 Å². The van der Waals surface area contributed by atoms with E-state index in [0.29, 0.717) is 5.25 Å². The van der Waals surface area contributed by atoms with Crippen molar-refractivity contribution < 1.29 is 4.79 Å². The van der Waals surface area contributed by atoms with Crippen LogP contribution in [0.25, 0.3) is 0 Å². The molecule has 0 saturated heterocycles. The van der Waals surface area contributed by atoms with Crippen molar-refractivity contribution in [2.24, 2.45) is 0 Å². The predicted molar refractivity (Wildman–Crippen MR) is 42.5 cm³/mol. The highest BCUT2D eigenvalue weighted by Gasteiger charge is 1.87. The second-order valence-corrected chi connectivity index (χ2v) is 3.59. The molecule has 0 aliphatic rings. The van der Waals surface area contributed by atoms with Crippen LogP contribution >= 0.6 is 11.8 Å². The van der Waals surface area contributed by atoms with Crippen LogP contribution in [0.4, 0.5) is 0 Å². The van der Waals surface area contributed by atoms with Crippen molar-refractivity contribution in [3.8, 4) is 0 Å². The number of carbonyl (C=O) groups excluding carboxylic acids is 1. The number of thioether (sulfide) groups is 1. The first-order valence-electron chi connectivity index (χ1n) is 2.95. The molecule has 0 saturated carbocycles. The van der Waals surface area contributed by atoms with Crippen molar-refractivity contribution in [1.82, 2.24) is 0 Å². The van der Waals surface area contributed by atoms with E-state index in [-0.39, 0.29) is 5.78 Å². The Balaban J connectivity index is 3.36. The summed E-state index contributed by atoms with van der Waals surface area (Å²) in [6, 6.07) is 0. The van der Waals surface area contributed by atoms with Gasteiger partial charge in [0.05, 0.1) is 0 Å². The molecule has 0 aliphatic carbocycles. The maximum atomic E-state index is 10.3. The normalized spacial score (nSPS) is 11.1. The van der Waals surface area contributed by atoms with Gasteiger partial charge >= 0.3 is 0 Å². The standard InChI is InChI=1S/C7H12OS/c1-6(2)9-5-4-7(3)8/h4-6H,1-3H3/b5-4+. The third-order valence-electron chi connectivity index (χ3n) is 0.653. The molecule has 9 heavy (non-hydrogen) atoms. The van der Waals surface area contributed by atoms with Gasteiger partial charge in [0.15, 0.2) is 5.78 Å². The molecule has 0 N–H and O–H groups in total. The minimum atomic E-state index is 0.114. The number of carbonyl (C=O) groups is 1. The van der Waals surface area contributed by atoms with E-state index >= 15 is 0 Å². The molecule has 52 valence electrons. The van der Waals surface area contributed by atoms with E-state index in [0.717, 1.165) is 0 Å². The molecule has 0 aliphatic heterocycles. The Morgan fingerprint density at radius 1 is 1.56 bits per heavy atom. The number of ketones is 1. The Labute approximate surface area is 60.5 Å². The first-order chi connectivity index (χ1) is 4.13. The van der Waals surface area contributed by atoms with Crippen LogP contribution in [0, 0.1) is 0 Å². The average molecular weight is 144 g/mol. The molecule has 0 amide bonds. The molecule has 0 unspecified atom stereocenters. The first kappa shape index (κ1) is 8.76. The lowest BCUT2D eigenvalue weighted by Crippen LogP contribution is -1.83. The van der Waals surface area contributed by atoms with E-state index in [1.165, 1.54) is 0 Å². The van der Waals surface area contributed by atoms with Gasteiger partial charge in [-0.1, -0.05) is 13.8 Å². The lowest BCUT2D eigenvalue weighted by Gasteiger charge is -1.94. The largest absolute Gasteiger partial charge is 0.295 e. The average Bonchev–Trinajstić information content (AvgIpc) is 1.63. The van der Waals surface area contributed by atoms with Crippen LogP contribution in [0.2, 0.25) is 0 Å². The lowest BCUT2D eigenvalue weighted by molar-refractivity contribution is -0.112. The highest BCUT2D eigenvalue weighted by molar-refractivity contribution is 8.02. The van der Waals surface area contributed by atoms with Gasteiger partial charge in [0.1, 0.15) is 0 Å². The third kappa shape index (κ3) is 7.76. The first-order valence-corrected chi connectivity index (χ1v) is 3.90. The molecule has 0 aromatic heterocycles. The van der Waals surface area contributed by atoms with Crippen LogP contribution in [0.5, 0.6) is 0 Å². The number of allylic oxidation sites excluding steroid dienone is 1. The van der Waals surface area contributed by atoms with Crippen LogP contribution < -0.4 is 0 Å². The van der Waals surface area contributed by atoms with Gasteiger partial charge < -0.3 is 0 Å². The maximum absolute atomic E-state index is 10.3. The molecule has 1 nitrogen and oxygen atoms in total. The molecule has 0 bridgehead atoms. The van der Waals surface area contributed by atoms with Crippen molar-refractivity contribution in [3.63, 3.8) is 0 Å². The Morgan fingerprint density at radius 3 is 2.44 bits per heavy atom. The van der Waals surface area contributed by atoms with Gasteiger partial charge in [-0.25, -0.2) is 0 Å². The number of hydrogen-bond acceptors (Lipinski definition) is 2. The molecule has 0 rings (SSSR count). The molecule has 0 fully saturated rings. The van der Waals surface area contributed by atoms with E-state index in [1.54, 1.807) is 24.8 Å². The van der Waals surface area contributed by atoms with Crippen molar-refractivity contribution in [2.75, 3.05) is 0 Å². The zero-order valence-corrected chi connectivity index (χ0v) is 6.87. The fourth-order valence-electron chi connectivity index (χ4n) is 0.292. The molecule has 0 radical (unpaired) electrons. The van der Waals surface area contributed by atoms with Crippen molar-refractivity contribution in [1.29, 1.82) is 0 Å². The fraction of sp³-hybridized carbons (Fsp3) is 0.571. The van der Waals surface area contributed by atoms with Gasteiger partial charge in [-0.05, 0) is 18.4 Å². The Kier molecular flexibility index (Phi) is 4.50. The predicted octanol–water partition coefficient (Wildman–Crippen LogP) is 2.23. The van der Waals surface area contributed by atoms with Crippen molar-refractivity contribution >= 4 is 17.5 Å². The lowest BCUT2D eigenvalue weighted by atomic mass is 10.5. The molecule has 0 spiro atoms. The molecule has 0 aromatic carbocycles. The molecule has 0 aromatic rings. The van der Waals surface area contributed by atoms with Gasteiger partial charge in [-0.15, -0.1) is 11.8 Å². The van der Waals surface area contributed by atoms with Crippen LogP contribution in [0.1, 0.15) is 20.8 Å². The molecular weight excluding hydrogens is 132 g/mol. The number of rotatable bonds is 3. The monoisotopic (exact) mass is 144 g/mol. The van der Waals surface area contributed by atoms with Crippen molar-refractivity contribution in [3.05, 3.63) is 11.5 Å². The van der Waals surface area contributed by atoms with Gasteiger partial charge in [0, 0.05) is 5.25 Å². The van der Waals surface area contributed by atoms with E-state index in [1.807, 2.05) is 5.41 Å². The minimum absolute atomic E-state index is 0.114. The van der Waals surface area contributed by atoms with Gasteiger partial charge in [0.2, 0.25) is 0 Å². The summed E-state index contributed by atoms with van der Waals surface area (Å²) < 4.78 is 0. The second-order valence-electron chi connectivity index (χ2n) is 2.10. The van der Waals surface area contributed by atoms with Crippen molar-refractivity contribution in [2.45, 2.75) is 26.0 Å². The molecule has 0 atom stereocenters. The van der Waals surface area contributed by atoms with Gasteiger partial charge in [0.25, 0.3) is 0 Å². The fourth-order valence-corrected chi connectivity index (χ4v) is 0.877. The zero-order chi connectivity index (χ0) is 7.28. The zero-order valence-electron chi connectivity index (χ0n) is 6.05.